The molecule has 0 aromatic rings. The summed E-state index contributed by atoms with van der Waals surface area (Å²) in [5.41, 5.74) is 5.83. The third-order valence-electron chi connectivity index (χ3n) is 2.02. The van der Waals surface area contributed by atoms with Crippen LogP contribution in [0.3, 0.4) is 0 Å². The first-order valence-electron chi connectivity index (χ1n) is 3.11. The minimum absolute atomic E-state index is 0.354. The molecule has 0 aromatic heterocycles. The number of nitrogens with two attached hydrogens (primary N) is 2. The lowest BCUT2D eigenvalue weighted by molar-refractivity contribution is 0.619. The highest BCUT2D eigenvalue weighted by atomic mass is 15.2. The minimum atomic E-state index is 0.354. The molecule has 52 valence electrons. The molecule has 0 saturated heterocycles. The quantitative estimate of drug-likeness (QED) is 0.230. The van der Waals surface area contributed by atoms with Crippen molar-refractivity contribution in [3.8, 4) is 0 Å². The average molecular weight is 127 g/mol. The summed E-state index contributed by atoms with van der Waals surface area (Å²) >= 11 is 0. The average Bonchev–Trinajstić information content (AvgIpc) is 2.38. The van der Waals surface area contributed by atoms with Gasteiger partial charge in [-0.2, -0.15) is 5.10 Å². The molecule has 1 unspecified atom stereocenters. The van der Waals surface area contributed by atoms with Crippen molar-refractivity contribution in [2.24, 2.45) is 28.0 Å². The first kappa shape index (κ1) is 6.39. The second-order valence-electron chi connectivity index (χ2n) is 3.30. The van der Waals surface area contributed by atoms with Gasteiger partial charge in [0.2, 0.25) is 0 Å². The van der Waals surface area contributed by atoms with Gasteiger partial charge >= 0.3 is 0 Å². The van der Waals surface area contributed by atoms with Gasteiger partial charge in [0, 0.05) is 5.92 Å². The molecule has 3 heteroatoms. The van der Waals surface area contributed by atoms with Crippen LogP contribution in [0.25, 0.3) is 0 Å². The first-order valence-corrected chi connectivity index (χ1v) is 3.11. The highest BCUT2D eigenvalue weighted by Gasteiger charge is 2.48. The van der Waals surface area contributed by atoms with Gasteiger partial charge in [-0.15, -0.1) is 0 Å². The number of hydrogen-bond acceptors (Lipinski definition) is 2. The van der Waals surface area contributed by atoms with E-state index in [0.29, 0.717) is 17.2 Å². The van der Waals surface area contributed by atoms with Gasteiger partial charge in [0.25, 0.3) is 0 Å². The largest absolute Gasteiger partial charge is 0.385 e. The van der Waals surface area contributed by atoms with Gasteiger partial charge in [-0.1, -0.05) is 13.8 Å². The van der Waals surface area contributed by atoms with Crippen molar-refractivity contribution >= 4 is 5.84 Å². The standard InChI is InChI=1S/C6H13N3/c1-6(2)3-4(6)5(7)9-8/h4H,3,8H2,1-2H3,(H2,7,9). The predicted molar refractivity (Wildman–Crippen MR) is 37.7 cm³/mol. The molecule has 0 bridgehead atoms. The Balaban J connectivity index is 2.52. The number of hydrogen-bond donors (Lipinski definition) is 2. The van der Waals surface area contributed by atoms with Crippen LogP contribution in [-0.4, -0.2) is 5.84 Å². The summed E-state index contributed by atoms with van der Waals surface area (Å²) in [6.45, 7) is 4.32. The molecular formula is C6H13N3. The van der Waals surface area contributed by atoms with Gasteiger partial charge in [0.15, 0.2) is 0 Å². The zero-order chi connectivity index (χ0) is 7.07. The number of nitrogens with zero attached hydrogens (tertiary/aromatic N) is 1. The van der Waals surface area contributed by atoms with Crippen molar-refractivity contribution in [3.63, 3.8) is 0 Å². The van der Waals surface area contributed by atoms with Gasteiger partial charge in [0.1, 0.15) is 5.84 Å². The molecule has 0 amide bonds. The van der Waals surface area contributed by atoms with Crippen LogP contribution < -0.4 is 11.6 Å². The minimum Gasteiger partial charge on any atom is -0.385 e. The Bertz CT molecular complexity index is 148. The van der Waals surface area contributed by atoms with E-state index in [1.165, 1.54) is 0 Å². The number of hydrazone groups is 1. The van der Waals surface area contributed by atoms with Gasteiger partial charge in [-0.3, -0.25) is 0 Å². The molecule has 0 heterocycles. The zero-order valence-electron chi connectivity index (χ0n) is 5.89. The van der Waals surface area contributed by atoms with E-state index in [4.69, 9.17) is 11.6 Å². The van der Waals surface area contributed by atoms with Gasteiger partial charge in [0.05, 0.1) is 0 Å². The highest BCUT2D eigenvalue weighted by molar-refractivity contribution is 5.85. The maximum Gasteiger partial charge on any atom is 0.123 e. The fourth-order valence-corrected chi connectivity index (χ4v) is 1.06. The lowest BCUT2D eigenvalue weighted by atomic mass is 10.1. The molecule has 4 N–H and O–H groups in total. The topological polar surface area (TPSA) is 64.4 Å². The van der Waals surface area contributed by atoms with E-state index in [1.807, 2.05) is 0 Å². The maximum atomic E-state index is 5.48. The van der Waals surface area contributed by atoms with Crippen molar-refractivity contribution in [3.05, 3.63) is 0 Å². The summed E-state index contributed by atoms with van der Waals surface area (Å²) < 4.78 is 0. The molecule has 3 nitrogen and oxygen atoms in total. The molecule has 0 radical (unpaired) electrons. The van der Waals surface area contributed by atoms with Crippen molar-refractivity contribution in [1.29, 1.82) is 0 Å². The van der Waals surface area contributed by atoms with Crippen LogP contribution in [0.15, 0.2) is 5.10 Å². The summed E-state index contributed by atoms with van der Waals surface area (Å²) in [6.07, 6.45) is 1.12. The number of amidine groups is 1. The predicted octanol–water partition coefficient (Wildman–Crippen LogP) is 0.263. The summed E-state index contributed by atoms with van der Waals surface area (Å²) in [7, 11) is 0. The summed E-state index contributed by atoms with van der Waals surface area (Å²) in [5, 5.41) is 3.44. The molecule has 1 rings (SSSR count). The molecule has 1 atom stereocenters. The molecule has 0 aromatic carbocycles. The maximum absolute atomic E-state index is 5.48. The van der Waals surface area contributed by atoms with Crippen molar-refractivity contribution in [2.75, 3.05) is 0 Å². The molecule has 0 aliphatic heterocycles. The van der Waals surface area contributed by atoms with E-state index < -0.39 is 0 Å². The third-order valence-corrected chi connectivity index (χ3v) is 2.02. The van der Waals surface area contributed by atoms with Gasteiger partial charge in [-0.05, 0) is 11.8 Å². The van der Waals surface area contributed by atoms with Crippen LogP contribution in [0, 0.1) is 11.3 Å². The van der Waals surface area contributed by atoms with Crippen LogP contribution >= 0.6 is 0 Å². The van der Waals surface area contributed by atoms with E-state index in [9.17, 15) is 0 Å². The molecule has 1 fully saturated rings. The molecule has 9 heavy (non-hydrogen) atoms. The highest BCUT2D eigenvalue weighted by Crippen LogP contribution is 2.51. The van der Waals surface area contributed by atoms with Crippen LogP contribution in [0.2, 0.25) is 0 Å². The lowest BCUT2D eigenvalue weighted by Crippen LogP contribution is -2.18. The van der Waals surface area contributed by atoms with Crippen LogP contribution in [0.4, 0.5) is 0 Å². The summed E-state index contributed by atoms with van der Waals surface area (Å²) in [6, 6.07) is 0. The van der Waals surface area contributed by atoms with Crippen molar-refractivity contribution < 1.29 is 0 Å². The smallest absolute Gasteiger partial charge is 0.123 e. The van der Waals surface area contributed by atoms with Crippen LogP contribution in [-0.2, 0) is 0 Å². The second kappa shape index (κ2) is 1.62. The second-order valence-corrected chi connectivity index (χ2v) is 3.30. The molecule has 1 aliphatic rings. The Hall–Kier alpha value is -0.730. The van der Waals surface area contributed by atoms with E-state index >= 15 is 0 Å². The monoisotopic (exact) mass is 127 g/mol. The molecule has 1 aliphatic carbocycles. The van der Waals surface area contributed by atoms with Crippen molar-refractivity contribution in [1.82, 2.24) is 0 Å². The Morgan fingerprint density at radius 2 is 2.11 bits per heavy atom. The lowest BCUT2D eigenvalue weighted by Gasteiger charge is -1.99. The van der Waals surface area contributed by atoms with E-state index in [0.717, 1.165) is 6.42 Å². The Morgan fingerprint density at radius 3 is 2.22 bits per heavy atom. The number of rotatable bonds is 1. The fourth-order valence-electron chi connectivity index (χ4n) is 1.06. The van der Waals surface area contributed by atoms with Crippen molar-refractivity contribution in [2.45, 2.75) is 20.3 Å². The fraction of sp³-hybridized carbons (Fsp3) is 0.833. The molecule has 0 spiro atoms. The molecule has 1 saturated carbocycles. The van der Waals surface area contributed by atoms with E-state index in [1.54, 1.807) is 0 Å². The summed E-state index contributed by atoms with van der Waals surface area (Å²) in [5.74, 6) is 6.03. The Morgan fingerprint density at radius 1 is 1.67 bits per heavy atom. The summed E-state index contributed by atoms with van der Waals surface area (Å²) in [4.78, 5) is 0. The Labute approximate surface area is 55.1 Å². The normalized spacial score (nSPS) is 32.2. The van der Waals surface area contributed by atoms with Crippen LogP contribution in [0.5, 0.6) is 0 Å². The first-order chi connectivity index (χ1) is 4.08. The van der Waals surface area contributed by atoms with Crippen LogP contribution in [0.1, 0.15) is 20.3 Å². The SMILES string of the molecule is CC1(C)CC1C(N)=NN. The Kier molecular flexibility index (Phi) is 1.15. The van der Waals surface area contributed by atoms with Gasteiger partial charge < -0.3 is 11.6 Å². The molecular weight excluding hydrogens is 114 g/mol. The zero-order valence-corrected chi connectivity index (χ0v) is 5.89. The third kappa shape index (κ3) is 0.992. The van der Waals surface area contributed by atoms with Gasteiger partial charge in [-0.25, -0.2) is 0 Å². The van der Waals surface area contributed by atoms with E-state index in [2.05, 4.69) is 18.9 Å². The van der Waals surface area contributed by atoms with E-state index in [-0.39, 0.29) is 0 Å².